The number of hydroxylamine groups is 1. The van der Waals surface area contributed by atoms with Gasteiger partial charge in [0.2, 0.25) is 0 Å². The third-order valence-corrected chi connectivity index (χ3v) is 3.53. The van der Waals surface area contributed by atoms with Crippen LogP contribution in [0.1, 0.15) is 11.4 Å². The Morgan fingerprint density at radius 2 is 2.12 bits per heavy atom. The molecule has 7 heteroatoms. The van der Waals surface area contributed by atoms with Crippen molar-refractivity contribution in [1.82, 2.24) is 15.4 Å². The van der Waals surface area contributed by atoms with Gasteiger partial charge in [0.25, 0.3) is 5.91 Å². The van der Waals surface area contributed by atoms with Crippen molar-refractivity contribution in [2.45, 2.75) is 6.61 Å². The first kappa shape index (κ1) is 16.5. The number of hydrogen-bond acceptors (Lipinski definition) is 5. The molecular formula is C18H17N3O4. The highest BCUT2D eigenvalue weighted by Gasteiger charge is 2.08. The number of carbonyl (C=O) groups excluding carboxylic acids is 1. The predicted octanol–water partition coefficient (Wildman–Crippen LogP) is 2.67. The average Bonchev–Trinajstić information content (AvgIpc) is 3.07. The number of hydrogen-bond donors (Lipinski definition) is 3. The number of para-hydroxylation sites is 2. The topological polar surface area (TPSA) is 96.5 Å². The monoisotopic (exact) mass is 339 g/mol. The molecule has 1 aromatic heterocycles. The average molecular weight is 339 g/mol. The molecule has 0 atom stereocenters. The normalized spacial score (nSPS) is 11.0. The summed E-state index contributed by atoms with van der Waals surface area (Å²) in [6, 6.07) is 13.0. The van der Waals surface area contributed by atoms with Gasteiger partial charge in [-0.1, -0.05) is 18.2 Å². The molecule has 7 nitrogen and oxygen atoms in total. The van der Waals surface area contributed by atoms with Gasteiger partial charge in [0.05, 0.1) is 18.1 Å². The molecule has 3 aromatic rings. The van der Waals surface area contributed by atoms with Gasteiger partial charge in [-0.05, 0) is 35.9 Å². The number of nitrogens with one attached hydrogen (secondary N) is 2. The molecule has 0 fully saturated rings. The molecule has 25 heavy (non-hydrogen) atoms. The van der Waals surface area contributed by atoms with Gasteiger partial charge in [-0.3, -0.25) is 10.0 Å². The summed E-state index contributed by atoms with van der Waals surface area (Å²) >= 11 is 0. The van der Waals surface area contributed by atoms with Gasteiger partial charge < -0.3 is 14.5 Å². The maximum absolute atomic E-state index is 11.1. The molecule has 128 valence electrons. The third kappa shape index (κ3) is 3.96. The van der Waals surface area contributed by atoms with Crippen LogP contribution in [0.2, 0.25) is 0 Å². The van der Waals surface area contributed by atoms with Crippen molar-refractivity contribution in [3.05, 3.63) is 59.9 Å². The minimum atomic E-state index is -0.611. The lowest BCUT2D eigenvalue weighted by Crippen LogP contribution is -2.14. The van der Waals surface area contributed by atoms with E-state index in [4.69, 9.17) is 14.7 Å². The summed E-state index contributed by atoms with van der Waals surface area (Å²) in [4.78, 5) is 18.7. The Hall–Kier alpha value is -3.32. The van der Waals surface area contributed by atoms with Crippen molar-refractivity contribution in [3.8, 4) is 11.5 Å². The fourth-order valence-corrected chi connectivity index (χ4v) is 2.34. The van der Waals surface area contributed by atoms with E-state index in [0.29, 0.717) is 17.3 Å². The number of aromatic amines is 1. The number of amides is 1. The van der Waals surface area contributed by atoms with E-state index in [1.54, 1.807) is 31.4 Å². The van der Waals surface area contributed by atoms with Gasteiger partial charge in [-0.15, -0.1) is 0 Å². The number of benzene rings is 2. The summed E-state index contributed by atoms with van der Waals surface area (Å²) in [6.07, 6.45) is 2.77. The van der Waals surface area contributed by atoms with Crippen LogP contribution >= 0.6 is 0 Å². The highest BCUT2D eigenvalue weighted by molar-refractivity contribution is 5.90. The SMILES string of the molecule is COc1ccc(/C=C/C(=O)NO)cc1OCc1nc2ccccc2[nH]1. The number of nitrogens with zero attached hydrogens (tertiary/aromatic N) is 1. The van der Waals surface area contributed by atoms with Gasteiger partial charge in [-0.25, -0.2) is 10.5 Å². The first-order valence-electron chi connectivity index (χ1n) is 7.56. The highest BCUT2D eigenvalue weighted by atomic mass is 16.5. The number of aromatic nitrogens is 2. The summed E-state index contributed by atoms with van der Waals surface area (Å²) in [5, 5.41) is 8.51. The Kier molecular flexibility index (Phi) is 4.96. The van der Waals surface area contributed by atoms with Crippen LogP contribution < -0.4 is 15.0 Å². The quantitative estimate of drug-likeness (QED) is 0.364. The van der Waals surface area contributed by atoms with Crippen LogP contribution in [0.5, 0.6) is 11.5 Å². The van der Waals surface area contributed by atoms with E-state index in [1.165, 1.54) is 11.6 Å². The van der Waals surface area contributed by atoms with Crippen molar-refractivity contribution in [2.24, 2.45) is 0 Å². The van der Waals surface area contributed by atoms with E-state index < -0.39 is 5.91 Å². The van der Waals surface area contributed by atoms with E-state index in [2.05, 4.69) is 9.97 Å². The standard InChI is InChI=1S/C18H17N3O4/c1-24-15-8-6-12(7-9-18(22)21-23)10-16(15)25-11-17-19-13-4-2-3-5-14(13)20-17/h2-10,23H,11H2,1H3,(H,19,20)(H,21,22)/b9-7+. The molecule has 3 rings (SSSR count). The van der Waals surface area contributed by atoms with Crippen LogP contribution in [0, 0.1) is 0 Å². The first-order valence-corrected chi connectivity index (χ1v) is 7.56. The van der Waals surface area contributed by atoms with E-state index in [1.807, 2.05) is 24.3 Å². The Morgan fingerprint density at radius 3 is 2.88 bits per heavy atom. The number of methoxy groups -OCH3 is 1. The molecule has 0 saturated heterocycles. The number of ether oxygens (including phenoxy) is 2. The maximum Gasteiger partial charge on any atom is 0.267 e. The summed E-state index contributed by atoms with van der Waals surface area (Å²) in [5.41, 5.74) is 4.08. The van der Waals surface area contributed by atoms with E-state index in [9.17, 15) is 4.79 Å². The Balaban J connectivity index is 1.77. The van der Waals surface area contributed by atoms with Gasteiger partial charge in [0.15, 0.2) is 11.5 Å². The zero-order valence-corrected chi connectivity index (χ0v) is 13.5. The predicted molar refractivity (Wildman–Crippen MR) is 92.4 cm³/mol. The van der Waals surface area contributed by atoms with Crippen molar-refractivity contribution >= 4 is 23.0 Å². The molecule has 1 heterocycles. The fourth-order valence-electron chi connectivity index (χ4n) is 2.34. The van der Waals surface area contributed by atoms with Gasteiger partial charge >= 0.3 is 0 Å². The molecule has 0 unspecified atom stereocenters. The molecule has 0 spiro atoms. The summed E-state index contributed by atoms with van der Waals surface area (Å²) in [6.45, 7) is 0.245. The second-order valence-electron chi connectivity index (χ2n) is 5.21. The first-order chi connectivity index (χ1) is 12.2. The molecule has 1 amide bonds. The molecule has 0 aliphatic carbocycles. The van der Waals surface area contributed by atoms with Crippen molar-refractivity contribution < 1.29 is 19.5 Å². The molecule has 0 bridgehead atoms. The second-order valence-corrected chi connectivity index (χ2v) is 5.21. The van der Waals surface area contributed by atoms with Gasteiger partial charge in [0.1, 0.15) is 12.4 Å². The van der Waals surface area contributed by atoms with Crippen molar-refractivity contribution in [1.29, 1.82) is 0 Å². The maximum atomic E-state index is 11.1. The minimum Gasteiger partial charge on any atom is -0.493 e. The Labute approximate surface area is 143 Å². The van der Waals surface area contributed by atoms with Crippen LogP contribution in [0.4, 0.5) is 0 Å². The number of rotatable bonds is 6. The van der Waals surface area contributed by atoms with E-state index in [0.717, 1.165) is 16.6 Å². The van der Waals surface area contributed by atoms with Crippen molar-refractivity contribution in [2.75, 3.05) is 7.11 Å². The van der Waals surface area contributed by atoms with E-state index in [-0.39, 0.29) is 6.61 Å². The van der Waals surface area contributed by atoms with Crippen LogP contribution in [0.25, 0.3) is 17.1 Å². The minimum absolute atomic E-state index is 0.245. The summed E-state index contributed by atoms with van der Waals surface area (Å²) < 4.78 is 11.1. The number of fused-ring (bicyclic) bond motifs is 1. The lowest BCUT2D eigenvalue weighted by Gasteiger charge is -2.10. The molecular weight excluding hydrogens is 322 g/mol. The summed E-state index contributed by atoms with van der Waals surface area (Å²) in [7, 11) is 1.55. The number of imidazole rings is 1. The largest absolute Gasteiger partial charge is 0.493 e. The smallest absolute Gasteiger partial charge is 0.267 e. The molecule has 0 aliphatic rings. The van der Waals surface area contributed by atoms with Crippen LogP contribution in [-0.4, -0.2) is 28.2 Å². The molecule has 0 radical (unpaired) electrons. The summed E-state index contributed by atoms with van der Waals surface area (Å²) in [5.74, 6) is 1.18. The van der Waals surface area contributed by atoms with Crippen molar-refractivity contribution in [3.63, 3.8) is 0 Å². The van der Waals surface area contributed by atoms with E-state index >= 15 is 0 Å². The zero-order valence-electron chi connectivity index (χ0n) is 13.5. The Morgan fingerprint density at radius 1 is 1.28 bits per heavy atom. The van der Waals surface area contributed by atoms with Crippen LogP contribution in [-0.2, 0) is 11.4 Å². The zero-order chi connectivity index (χ0) is 17.6. The fraction of sp³-hybridized carbons (Fsp3) is 0.111. The Bertz CT molecular complexity index is 885. The lowest BCUT2D eigenvalue weighted by atomic mass is 10.2. The highest BCUT2D eigenvalue weighted by Crippen LogP contribution is 2.29. The molecule has 3 N–H and O–H groups in total. The number of carbonyl (C=O) groups is 1. The molecule has 0 aliphatic heterocycles. The van der Waals surface area contributed by atoms with Gasteiger partial charge in [0, 0.05) is 6.08 Å². The number of H-pyrrole nitrogens is 1. The van der Waals surface area contributed by atoms with Gasteiger partial charge in [-0.2, -0.15) is 0 Å². The van der Waals surface area contributed by atoms with Crippen LogP contribution in [0.15, 0.2) is 48.5 Å². The third-order valence-electron chi connectivity index (χ3n) is 3.53. The molecule has 0 saturated carbocycles. The second kappa shape index (κ2) is 7.50. The van der Waals surface area contributed by atoms with Crippen LogP contribution in [0.3, 0.4) is 0 Å². The lowest BCUT2D eigenvalue weighted by molar-refractivity contribution is -0.124. The molecule has 2 aromatic carbocycles.